The Labute approximate surface area is 146 Å². The smallest absolute Gasteiger partial charge is 0.337 e. The van der Waals surface area contributed by atoms with Crippen molar-refractivity contribution in [1.29, 1.82) is 0 Å². The molecule has 25 heavy (non-hydrogen) atoms. The lowest BCUT2D eigenvalue weighted by Gasteiger charge is -2.49. The molecule has 0 bridgehead atoms. The van der Waals surface area contributed by atoms with Crippen LogP contribution in [-0.2, 0) is 23.9 Å². The zero-order valence-corrected chi connectivity index (χ0v) is 14.7. The van der Waals surface area contributed by atoms with Crippen molar-refractivity contribution in [2.75, 3.05) is 33.3 Å². The summed E-state index contributed by atoms with van der Waals surface area (Å²) in [5, 5.41) is 1.61. The minimum Gasteiger partial charge on any atom is -0.497 e. The van der Waals surface area contributed by atoms with Gasteiger partial charge in [-0.1, -0.05) is 0 Å². The molecule has 0 radical (unpaired) electrons. The van der Waals surface area contributed by atoms with Crippen molar-refractivity contribution in [2.24, 2.45) is 0 Å². The van der Waals surface area contributed by atoms with Crippen molar-refractivity contribution < 1.29 is 28.6 Å². The average molecular weight is 350 g/mol. The molecular formula is C17H22N2O6. The number of carbonyl (C=O) groups is 2. The van der Waals surface area contributed by atoms with Crippen LogP contribution in [0.25, 0.3) is 0 Å². The maximum Gasteiger partial charge on any atom is 0.337 e. The average Bonchev–Trinajstić information content (AvgIpc) is 3.00. The van der Waals surface area contributed by atoms with Crippen LogP contribution in [0.5, 0.6) is 5.75 Å². The lowest BCUT2D eigenvalue weighted by molar-refractivity contribution is -0.184. The molecular weight excluding hydrogens is 328 g/mol. The van der Waals surface area contributed by atoms with Crippen LogP contribution in [0.2, 0.25) is 0 Å². The van der Waals surface area contributed by atoms with E-state index in [4.69, 9.17) is 19.0 Å². The Bertz CT molecular complexity index is 649. The number of ether oxygens (including phenoxy) is 3. The first-order valence-corrected chi connectivity index (χ1v) is 7.99. The van der Waals surface area contributed by atoms with Crippen molar-refractivity contribution in [2.45, 2.75) is 30.7 Å². The van der Waals surface area contributed by atoms with Crippen LogP contribution < -0.4 is 9.64 Å². The van der Waals surface area contributed by atoms with Gasteiger partial charge in [0.2, 0.25) is 0 Å². The molecule has 2 aliphatic heterocycles. The summed E-state index contributed by atoms with van der Waals surface area (Å²) < 4.78 is 15.3. The maximum atomic E-state index is 12.5. The monoisotopic (exact) mass is 350 g/mol. The number of esters is 1. The highest BCUT2D eigenvalue weighted by Crippen LogP contribution is 2.38. The molecule has 4 atom stereocenters. The Morgan fingerprint density at radius 1 is 1.20 bits per heavy atom. The van der Waals surface area contributed by atoms with Gasteiger partial charge in [0.15, 0.2) is 12.2 Å². The molecule has 2 saturated heterocycles. The summed E-state index contributed by atoms with van der Waals surface area (Å²) in [5.74, 6) is 0.168. The third-order valence-corrected chi connectivity index (χ3v) is 4.77. The number of hydrogen-bond donors (Lipinski definition) is 0. The first-order valence-electron chi connectivity index (χ1n) is 7.99. The van der Waals surface area contributed by atoms with Gasteiger partial charge in [-0.3, -0.25) is 9.63 Å². The summed E-state index contributed by atoms with van der Waals surface area (Å²) in [6.07, 6.45) is -0.825. The van der Waals surface area contributed by atoms with Gasteiger partial charge in [-0.05, 0) is 24.3 Å². The molecule has 2 fully saturated rings. The van der Waals surface area contributed by atoms with Crippen LogP contribution >= 0.6 is 0 Å². The molecule has 1 aromatic rings. The van der Waals surface area contributed by atoms with Gasteiger partial charge in [-0.25, -0.2) is 4.79 Å². The molecule has 0 N–H and O–H groups in total. The summed E-state index contributed by atoms with van der Waals surface area (Å²) in [4.78, 5) is 31.5. The second-order valence-corrected chi connectivity index (χ2v) is 6.02. The SMILES string of the molecule is COC(=O)[C@H]1C[C@H]([C@H]2[C@@H](OC)C(=O)N2c2ccc(OC)cc2)N(C)O1. The summed E-state index contributed by atoms with van der Waals surface area (Å²) in [5.41, 5.74) is 0.749. The molecule has 0 saturated carbocycles. The van der Waals surface area contributed by atoms with Gasteiger partial charge in [0.1, 0.15) is 5.75 Å². The fourth-order valence-corrected chi connectivity index (χ4v) is 3.45. The molecule has 0 aromatic heterocycles. The van der Waals surface area contributed by atoms with Gasteiger partial charge in [-0.15, -0.1) is 0 Å². The van der Waals surface area contributed by atoms with Crippen LogP contribution in [0.15, 0.2) is 24.3 Å². The van der Waals surface area contributed by atoms with E-state index in [2.05, 4.69) is 0 Å². The van der Waals surface area contributed by atoms with Crippen molar-refractivity contribution in [3.8, 4) is 5.75 Å². The first-order chi connectivity index (χ1) is 12.0. The van der Waals surface area contributed by atoms with Crippen LogP contribution in [-0.4, -0.2) is 69.6 Å². The van der Waals surface area contributed by atoms with E-state index in [-0.39, 0.29) is 18.0 Å². The van der Waals surface area contributed by atoms with E-state index in [9.17, 15) is 9.59 Å². The minimum absolute atomic E-state index is 0.118. The van der Waals surface area contributed by atoms with Crippen molar-refractivity contribution in [3.63, 3.8) is 0 Å². The highest BCUT2D eigenvalue weighted by atomic mass is 16.7. The van der Waals surface area contributed by atoms with E-state index in [0.29, 0.717) is 12.2 Å². The normalized spacial score (nSPS) is 29.4. The van der Waals surface area contributed by atoms with Crippen LogP contribution in [0.1, 0.15) is 6.42 Å². The second kappa shape index (κ2) is 6.99. The lowest BCUT2D eigenvalue weighted by Crippen LogP contribution is -2.71. The molecule has 8 heteroatoms. The number of hydrogen-bond acceptors (Lipinski definition) is 7. The topological polar surface area (TPSA) is 77.5 Å². The number of anilines is 1. The van der Waals surface area contributed by atoms with Gasteiger partial charge in [-0.2, -0.15) is 5.06 Å². The van der Waals surface area contributed by atoms with Gasteiger partial charge in [0.25, 0.3) is 5.91 Å². The largest absolute Gasteiger partial charge is 0.497 e. The number of benzene rings is 1. The zero-order valence-electron chi connectivity index (χ0n) is 14.7. The van der Waals surface area contributed by atoms with E-state index < -0.39 is 18.2 Å². The number of carbonyl (C=O) groups excluding carboxylic acids is 2. The van der Waals surface area contributed by atoms with Gasteiger partial charge in [0.05, 0.1) is 26.3 Å². The Morgan fingerprint density at radius 3 is 2.44 bits per heavy atom. The highest BCUT2D eigenvalue weighted by molar-refractivity contribution is 6.05. The third-order valence-electron chi connectivity index (χ3n) is 4.77. The number of nitrogens with zero attached hydrogens (tertiary/aromatic N) is 2. The molecule has 0 unspecified atom stereocenters. The fraction of sp³-hybridized carbons (Fsp3) is 0.529. The predicted octanol–water partition coefficient (Wildman–Crippen LogP) is 0.603. The predicted molar refractivity (Wildman–Crippen MR) is 88.1 cm³/mol. The first kappa shape index (κ1) is 17.7. The summed E-state index contributed by atoms with van der Waals surface area (Å²) in [7, 11) is 6.17. The molecule has 0 spiro atoms. The fourth-order valence-electron chi connectivity index (χ4n) is 3.45. The van der Waals surface area contributed by atoms with E-state index in [1.54, 1.807) is 36.3 Å². The van der Waals surface area contributed by atoms with Gasteiger partial charge in [0, 0.05) is 26.3 Å². The second-order valence-electron chi connectivity index (χ2n) is 6.02. The number of rotatable bonds is 5. The Balaban J connectivity index is 1.83. The molecule has 1 amide bonds. The summed E-state index contributed by atoms with van der Waals surface area (Å²) in [6.45, 7) is 0. The molecule has 3 rings (SSSR count). The van der Waals surface area contributed by atoms with Crippen LogP contribution in [0.4, 0.5) is 5.69 Å². The summed E-state index contributed by atoms with van der Waals surface area (Å²) >= 11 is 0. The number of hydroxylamine groups is 2. The molecule has 136 valence electrons. The zero-order chi connectivity index (χ0) is 18.1. The molecule has 2 heterocycles. The quantitative estimate of drug-likeness (QED) is 0.568. The third kappa shape index (κ3) is 2.97. The summed E-state index contributed by atoms with van der Waals surface area (Å²) in [6, 6.07) is 6.80. The van der Waals surface area contributed by atoms with Gasteiger partial charge < -0.3 is 19.1 Å². The minimum atomic E-state index is -0.675. The Hall–Kier alpha value is -2.16. The van der Waals surface area contributed by atoms with Crippen LogP contribution in [0, 0.1) is 0 Å². The Kier molecular flexibility index (Phi) is 4.94. The standard InChI is InChI=1S/C17H22N2O6/c1-18-12(9-13(25-18)17(21)24-4)14-15(23-3)16(20)19(14)10-5-7-11(22-2)8-6-10/h5-8,12-15H,9H2,1-4H3/t12-,13-,14+,15-/m1/s1. The maximum absolute atomic E-state index is 12.5. The molecule has 1 aromatic carbocycles. The van der Waals surface area contributed by atoms with E-state index >= 15 is 0 Å². The molecule has 0 aliphatic carbocycles. The number of amides is 1. The number of methoxy groups -OCH3 is 3. The van der Waals surface area contributed by atoms with Gasteiger partial charge >= 0.3 is 5.97 Å². The molecule has 8 nitrogen and oxygen atoms in total. The lowest BCUT2D eigenvalue weighted by atomic mass is 9.87. The number of β-lactam (4-membered cyclic amide) rings is 1. The van der Waals surface area contributed by atoms with E-state index in [1.807, 2.05) is 12.1 Å². The van der Waals surface area contributed by atoms with Crippen LogP contribution in [0.3, 0.4) is 0 Å². The van der Waals surface area contributed by atoms with Crippen molar-refractivity contribution >= 4 is 17.6 Å². The highest BCUT2D eigenvalue weighted by Gasteiger charge is 2.56. The number of likely N-dealkylation sites (N-methyl/N-ethyl adjacent to an activating group) is 1. The molecule has 2 aliphatic rings. The van der Waals surface area contributed by atoms with Crippen molar-refractivity contribution in [3.05, 3.63) is 24.3 Å². The van der Waals surface area contributed by atoms with Crippen molar-refractivity contribution in [1.82, 2.24) is 5.06 Å². The van der Waals surface area contributed by atoms with E-state index in [0.717, 1.165) is 5.69 Å². The van der Waals surface area contributed by atoms with E-state index in [1.165, 1.54) is 14.2 Å². The Morgan fingerprint density at radius 2 is 1.88 bits per heavy atom.